The van der Waals surface area contributed by atoms with Gasteiger partial charge >= 0.3 is 0 Å². The van der Waals surface area contributed by atoms with Gasteiger partial charge in [0.1, 0.15) is 5.75 Å². The van der Waals surface area contributed by atoms with Gasteiger partial charge in [-0.2, -0.15) is 11.8 Å². The van der Waals surface area contributed by atoms with Crippen LogP contribution in [0.4, 0.5) is 0 Å². The van der Waals surface area contributed by atoms with Gasteiger partial charge in [-0.15, -0.1) is 0 Å². The van der Waals surface area contributed by atoms with Crippen LogP contribution in [0.1, 0.15) is 38.2 Å². The molecule has 21 heavy (non-hydrogen) atoms. The number of hydrogen-bond acceptors (Lipinski definition) is 3. The molecule has 2 rings (SSSR count). The first kappa shape index (κ1) is 17.6. The first-order valence-electron chi connectivity index (χ1n) is 7.47. The van der Waals surface area contributed by atoms with Crippen molar-refractivity contribution in [3.05, 3.63) is 26.6 Å². The molecule has 0 radical (unpaired) electrons. The molecule has 1 aliphatic carbocycles. The molecule has 0 bridgehead atoms. The molecule has 1 aliphatic rings. The van der Waals surface area contributed by atoms with E-state index in [4.69, 9.17) is 4.74 Å². The van der Waals surface area contributed by atoms with Crippen LogP contribution in [0, 0.1) is 0 Å². The average Bonchev–Trinajstić information content (AvgIpc) is 2.92. The van der Waals surface area contributed by atoms with Gasteiger partial charge in [0.25, 0.3) is 0 Å². The predicted molar refractivity (Wildman–Crippen MR) is 99.4 cm³/mol. The van der Waals surface area contributed by atoms with Gasteiger partial charge in [-0.25, -0.2) is 0 Å². The molecule has 1 aromatic rings. The van der Waals surface area contributed by atoms with Crippen molar-refractivity contribution < 1.29 is 4.74 Å². The molecule has 0 unspecified atom stereocenters. The molecule has 0 aromatic heterocycles. The Labute approximate surface area is 149 Å². The Hall–Kier alpha value is 0.290. The van der Waals surface area contributed by atoms with Crippen LogP contribution < -0.4 is 10.1 Å². The highest BCUT2D eigenvalue weighted by atomic mass is 79.9. The molecule has 118 valence electrons. The van der Waals surface area contributed by atoms with Crippen LogP contribution in [0.15, 0.2) is 21.1 Å². The van der Waals surface area contributed by atoms with Crippen molar-refractivity contribution in [2.24, 2.45) is 0 Å². The second kappa shape index (κ2) is 8.23. The molecule has 5 heteroatoms. The topological polar surface area (TPSA) is 21.3 Å². The molecule has 0 amide bonds. The van der Waals surface area contributed by atoms with Gasteiger partial charge in [-0.05, 0) is 54.1 Å². The zero-order valence-corrected chi connectivity index (χ0v) is 16.7. The standard InChI is InChI=1S/C16H23Br2NOS/c1-3-20-15-12(8-13(17)9-14(15)18)10-19-11-16(21-2)6-4-5-7-16/h8-9,19H,3-7,10-11H2,1-2H3. The van der Waals surface area contributed by atoms with Crippen LogP contribution in [0.3, 0.4) is 0 Å². The van der Waals surface area contributed by atoms with Crippen LogP contribution in [0.2, 0.25) is 0 Å². The van der Waals surface area contributed by atoms with E-state index >= 15 is 0 Å². The number of hydrogen-bond donors (Lipinski definition) is 1. The monoisotopic (exact) mass is 435 g/mol. The summed E-state index contributed by atoms with van der Waals surface area (Å²) in [6.45, 7) is 4.62. The Balaban J connectivity index is 2.02. The molecular weight excluding hydrogens is 414 g/mol. The normalized spacial score (nSPS) is 17.1. The fourth-order valence-electron chi connectivity index (χ4n) is 2.95. The highest BCUT2D eigenvalue weighted by Gasteiger charge is 2.32. The Bertz CT molecular complexity index is 476. The molecule has 0 spiro atoms. The number of benzene rings is 1. The maximum Gasteiger partial charge on any atom is 0.138 e. The second-order valence-electron chi connectivity index (χ2n) is 5.51. The first-order chi connectivity index (χ1) is 10.1. The minimum Gasteiger partial charge on any atom is -0.492 e. The first-order valence-corrected chi connectivity index (χ1v) is 10.3. The van der Waals surface area contributed by atoms with Crippen LogP contribution in [-0.2, 0) is 6.54 Å². The maximum absolute atomic E-state index is 5.78. The van der Waals surface area contributed by atoms with Gasteiger partial charge < -0.3 is 10.1 Å². The lowest BCUT2D eigenvalue weighted by molar-refractivity contribution is 0.333. The van der Waals surface area contributed by atoms with E-state index in [1.807, 2.05) is 24.8 Å². The van der Waals surface area contributed by atoms with Crippen LogP contribution in [-0.4, -0.2) is 24.2 Å². The van der Waals surface area contributed by atoms with E-state index in [-0.39, 0.29) is 0 Å². The minimum atomic E-state index is 0.440. The van der Waals surface area contributed by atoms with Crippen molar-refractivity contribution in [1.82, 2.24) is 5.32 Å². The molecule has 2 nitrogen and oxygen atoms in total. The lowest BCUT2D eigenvalue weighted by atomic mass is 10.1. The lowest BCUT2D eigenvalue weighted by Gasteiger charge is -2.27. The molecule has 1 fully saturated rings. The predicted octanol–water partition coefficient (Wildman–Crippen LogP) is 5.38. The number of ether oxygens (including phenoxy) is 1. The van der Waals surface area contributed by atoms with Crippen molar-refractivity contribution in [3.63, 3.8) is 0 Å². The van der Waals surface area contributed by atoms with Crippen LogP contribution in [0.5, 0.6) is 5.75 Å². The summed E-state index contributed by atoms with van der Waals surface area (Å²) in [5.74, 6) is 0.956. The van der Waals surface area contributed by atoms with Crippen molar-refractivity contribution in [2.45, 2.75) is 43.9 Å². The molecule has 1 N–H and O–H groups in total. The lowest BCUT2D eigenvalue weighted by Crippen LogP contribution is -2.34. The zero-order chi connectivity index (χ0) is 15.3. The third-order valence-electron chi connectivity index (χ3n) is 4.08. The summed E-state index contributed by atoms with van der Waals surface area (Å²) in [7, 11) is 0. The summed E-state index contributed by atoms with van der Waals surface area (Å²) in [5, 5.41) is 3.65. The number of rotatable bonds is 7. The van der Waals surface area contributed by atoms with E-state index < -0.39 is 0 Å². The average molecular weight is 437 g/mol. The fourth-order valence-corrected chi connectivity index (χ4v) is 5.32. The van der Waals surface area contributed by atoms with Crippen LogP contribution >= 0.6 is 43.6 Å². The summed E-state index contributed by atoms with van der Waals surface area (Å²) in [6, 6.07) is 4.18. The molecule has 0 aliphatic heterocycles. The molecule has 0 saturated heterocycles. The van der Waals surface area contributed by atoms with E-state index in [1.54, 1.807) is 0 Å². The van der Waals surface area contributed by atoms with Crippen molar-refractivity contribution >= 4 is 43.6 Å². The number of nitrogens with one attached hydrogen (secondary N) is 1. The van der Waals surface area contributed by atoms with E-state index in [0.717, 1.165) is 27.8 Å². The summed E-state index contributed by atoms with van der Waals surface area (Å²) >= 11 is 9.18. The van der Waals surface area contributed by atoms with Gasteiger partial charge in [0.05, 0.1) is 11.1 Å². The van der Waals surface area contributed by atoms with E-state index in [0.29, 0.717) is 11.4 Å². The molecule has 1 aromatic carbocycles. The molecule has 0 atom stereocenters. The molecule has 1 saturated carbocycles. The number of thioether (sulfide) groups is 1. The van der Waals surface area contributed by atoms with Gasteiger partial charge in [0, 0.05) is 27.9 Å². The van der Waals surface area contributed by atoms with E-state index in [1.165, 1.54) is 31.2 Å². The third kappa shape index (κ3) is 4.63. The minimum absolute atomic E-state index is 0.440. The van der Waals surface area contributed by atoms with Gasteiger partial charge in [-0.1, -0.05) is 28.8 Å². The fraction of sp³-hybridized carbons (Fsp3) is 0.625. The Morgan fingerprint density at radius 2 is 2.00 bits per heavy atom. The quantitative estimate of drug-likeness (QED) is 0.620. The Kier molecular flexibility index (Phi) is 6.91. The summed E-state index contributed by atoms with van der Waals surface area (Å²) < 4.78 is 8.31. The summed E-state index contributed by atoms with van der Waals surface area (Å²) in [4.78, 5) is 0. The van der Waals surface area contributed by atoms with Crippen LogP contribution in [0.25, 0.3) is 0 Å². The highest BCUT2D eigenvalue weighted by molar-refractivity contribution is 9.11. The Morgan fingerprint density at radius 1 is 1.29 bits per heavy atom. The van der Waals surface area contributed by atoms with Gasteiger partial charge in [0.2, 0.25) is 0 Å². The van der Waals surface area contributed by atoms with Gasteiger partial charge in [0.15, 0.2) is 0 Å². The largest absolute Gasteiger partial charge is 0.492 e. The van der Waals surface area contributed by atoms with E-state index in [9.17, 15) is 0 Å². The number of halogens is 2. The Morgan fingerprint density at radius 3 is 2.62 bits per heavy atom. The second-order valence-corrected chi connectivity index (χ2v) is 8.55. The zero-order valence-electron chi connectivity index (χ0n) is 12.7. The highest BCUT2D eigenvalue weighted by Crippen LogP contribution is 2.40. The third-order valence-corrected chi connectivity index (χ3v) is 6.55. The van der Waals surface area contributed by atoms with Crippen molar-refractivity contribution in [1.29, 1.82) is 0 Å². The smallest absolute Gasteiger partial charge is 0.138 e. The van der Waals surface area contributed by atoms with Crippen molar-refractivity contribution in [3.8, 4) is 5.75 Å². The van der Waals surface area contributed by atoms with Crippen molar-refractivity contribution in [2.75, 3.05) is 19.4 Å². The summed E-state index contributed by atoms with van der Waals surface area (Å²) in [5.41, 5.74) is 1.20. The van der Waals surface area contributed by atoms with Gasteiger partial charge in [-0.3, -0.25) is 0 Å². The molecule has 0 heterocycles. The molecular formula is C16H23Br2NOS. The summed E-state index contributed by atoms with van der Waals surface area (Å²) in [6.07, 6.45) is 7.65. The SMILES string of the molecule is CCOc1c(Br)cc(Br)cc1CNCC1(SC)CCCC1. The maximum atomic E-state index is 5.78. The van der Waals surface area contributed by atoms with E-state index in [2.05, 4.69) is 49.5 Å².